The second kappa shape index (κ2) is 6.17. The van der Waals surface area contributed by atoms with E-state index in [4.69, 9.17) is 5.73 Å². The fourth-order valence-electron chi connectivity index (χ4n) is 2.55. The molecule has 1 aromatic heterocycles. The molecule has 0 aliphatic carbocycles. The van der Waals surface area contributed by atoms with Crippen LogP contribution in [0.1, 0.15) is 25.5 Å². The quantitative estimate of drug-likeness (QED) is 0.834. The summed E-state index contributed by atoms with van der Waals surface area (Å²) >= 11 is 0. The Bertz CT molecular complexity index is 552. The maximum absolute atomic E-state index is 12.6. The predicted molar refractivity (Wildman–Crippen MR) is 75.3 cm³/mol. The first kappa shape index (κ1) is 15.4. The number of hydrogen-bond acceptors (Lipinski definition) is 5. The Morgan fingerprint density at radius 2 is 2.15 bits per heavy atom. The van der Waals surface area contributed by atoms with Crippen LogP contribution in [0, 0.1) is 5.92 Å². The molecule has 0 aromatic carbocycles. The van der Waals surface area contributed by atoms with Crippen LogP contribution in [0.5, 0.6) is 0 Å². The summed E-state index contributed by atoms with van der Waals surface area (Å²) in [5.41, 5.74) is 5.95. The number of pyridine rings is 1. The van der Waals surface area contributed by atoms with Crippen molar-refractivity contribution < 1.29 is 13.5 Å². The zero-order valence-corrected chi connectivity index (χ0v) is 12.4. The minimum absolute atomic E-state index is 0.0968. The summed E-state index contributed by atoms with van der Waals surface area (Å²) in [6.07, 6.45) is 2.50. The third kappa shape index (κ3) is 3.01. The van der Waals surface area contributed by atoms with Crippen molar-refractivity contribution in [3.63, 3.8) is 0 Å². The summed E-state index contributed by atoms with van der Waals surface area (Å²) in [6, 6.07) is 3.15. The lowest BCUT2D eigenvalue weighted by Crippen LogP contribution is -2.41. The van der Waals surface area contributed by atoms with Crippen molar-refractivity contribution in [3.8, 4) is 0 Å². The third-order valence-corrected chi connectivity index (χ3v) is 5.81. The van der Waals surface area contributed by atoms with E-state index in [0.717, 1.165) is 0 Å². The van der Waals surface area contributed by atoms with E-state index >= 15 is 0 Å². The molecule has 0 saturated carbocycles. The molecule has 1 aliphatic heterocycles. The molecule has 7 heteroatoms. The maximum atomic E-state index is 12.6. The summed E-state index contributed by atoms with van der Waals surface area (Å²) in [5.74, 6) is 0.171. The van der Waals surface area contributed by atoms with Gasteiger partial charge in [0, 0.05) is 25.8 Å². The smallest absolute Gasteiger partial charge is 0.244 e. The minimum Gasteiger partial charge on any atom is -0.393 e. The highest BCUT2D eigenvalue weighted by Gasteiger charge is 2.32. The van der Waals surface area contributed by atoms with E-state index in [1.165, 1.54) is 4.31 Å². The van der Waals surface area contributed by atoms with Gasteiger partial charge in [-0.1, -0.05) is 0 Å². The van der Waals surface area contributed by atoms with Gasteiger partial charge in [0.25, 0.3) is 0 Å². The van der Waals surface area contributed by atoms with Crippen LogP contribution in [0.3, 0.4) is 0 Å². The van der Waals surface area contributed by atoms with Crippen LogP contribution in [0.4, 0.5) is 0 Å². The summed E-state index contributed by atoms with van der Waals surface area (Å²) in [6.45, 7) is 2.70. The molecule has 20 heavy (non-hydrogen) atoms. The topological polar surface area (TPSA) is 96.5 Å². The fraction of sp³-hybridized carbons (Fsp3) is 0.615. The average molecular weight is 299 g/mol. The highest BCUT2D eigenvalue weighted by Crippen LogP contribution is 2.26. The zero-order chi connectivity index (χ0) is 14.8. The van der Waals surface area contributed by atoms with Crippen LogP contribution in [0.2, 0.25) is 0 Å². The number of sulfonamides is 1. The maximum Gasteiger partial charge on any atom is 0.244 e. The Morgan fingerprint density at radius 3 is 2.70 bits per heavy atom. The molecular weight excluding hydrogens is 278 g/mol. The average Bonchev–Trinajstić information content (AvgIpc) is 2.47. The Kier molecular flexibility index (Phi) is 4.74. The molecule has 1 unspecified atom stereocenters. The van der Waals surface area contributed by atoms with Crippen LogP contribution in [-0.4, -0.2) is 42.0 Å². The number of rotatable bonds is 4. The van der Waals surface area contributed by atoms with Crippen molar-refractivity contribution in [3.05, 3.63) is 24.0 Å². The molecule has 1 saturated heterocycles. The van der Waals surface area contributed by atoms with Crippen LogP contribution in [0.15, 0.2) is 23.2 Å². The number of nitrogens with zero attached hydrogens (tertiary/aromatic N) is 2. The molecule has 112 valence electrons. The second-order valence-corrected chi connectivity index (χ2v) is 7.04. The van der Waals surface area contributed by atoms with E-state index in [1.807, 2.05) is 0 Å². The molecule has 3 N–H and O–H groups in total. The fourth-order valence-corrected chi connectivity index (χ4v) is 4.20. The van der Waals surface area contributed by atoms with Gasteiger partial charge in [-0.25, -0.2) is 8.42 Å². The van der Waals surface area contributed by atoms with Gasteiger partial charge in [-0.2, -0.15) is 4.31 Å². The van der Waals surface area contributed by atoms with Gasteiger partial charge >= 0.3 is 0 Å². The van der Waals surface area contributed by atoms with Crippen molar-refractivity contribution in [2.75, 3.05) is 13.1 Å². The minimum atomic E-state index is -3.54. The van der Waals surface area contributed by atoms with Crippen molar-refractivity contribution in [2.24, 2.45) is 11.7 Å². The number of aliphatic hydroxyl groups excluding tert-OH is 1. The summed E-state index contributed by atoms with van der Waals surface area (Å²) in [5, 5.41) is 9.57. The van der Waals surface area contributed by atoms with Crippen LogP contribution in [0.25, 0.3) is 0 Å². The molecule has 2 rings (SSSR count). The zero-order valence-electron chi connectivity index (χ0n) is 11.6. The molecule has 6 nitrogen and oxygen atoms in total. The molecule has 2 heterocycles. The van der Waals surface area contributed by atoms with E-state index in [-0.39, 0.29) is 17.4 Å². The molecule has 1 fully saturated rings. The summed E-state index contributed by atoms with van der Waals surface area (Å²) < 4.78 is 26.7. The van der Waals surface area contributed by atoms with E-state index in [1.54, 1.807) is 25.3 Å². The van der Waals surface area contributed by atoms with E-state index in [2.05, 4.69) is 4.98 Å². The first-order chi connectivity index (χ1) is 9.46. The lowest BCUT2D eigenvalue weighted by molar-refractivity contribution is 0.0912. The van der Waals surface area contributed by atoms with Gasteiger partial charge in [0.05, 0.1) is 11.8 Å². The van der Waals surface area contributed by atoms with E-state index in [0.29, 0.717) is 31.6 Å². The molecule has 0 bridgehead atoms. The number of piperidine rings is 1. The Morgan fingerprint density at radius 1 is 1.50 bits per heavy atom. The first-order valence-electron chi connectivity index (χ1n) is 6.79. The largest absolute Gasteiger partial charge is 0.393 e. The predicted octanol–water partition coefficient (Wildman–Crippen LogP) is 0.322. The lowest BCUT2D eigenvalue weighted by Gasteiger charge is -2.32. The van der Waals surface area contributed by atoms with Gasteiger partial charge in [0.15, 0.2) is 0 Å². The van der Waals surface area contributed by atoms with Gasteiger partial charge in [0.2, 0.25) is 10.0 Å². The molecule has 0 amide bonds. The Labute approximate surface area is 119 Å². The lowest BCUT2D eigenvalue weighted by atomic mass is 9.93. The number of nitrogens with two attached hydrogens (primary N) is 1. The molecule has 0 radical (unpaired) electrons. The molecule has 0 spiro atoms. The normalized spacial score (nSPS) is 19.9. The Balaban J connectivity index is 2.20. The first-order valence-corrected chi connectivity index (χ1v) is 8.23. The highest BCUT2D eigenvalue weighted by molar-refractivity contribution is 7.89. The molecule has 1 aliphatic rings. The number of aromatic nitrogens is 1. The van der Waals surface area contributed by atoms with Crippen LogP contribution in [-0.2, 0) is 16.6 Å². The van der Waals surface area contributed by atoms with Crippen molar-refractivity contribution in [1.29, 1.82) is 0 Å². The molecule has 1 aromatic rings. The van der Waals surface area contributed by atoms with Gasteiger partial charge in [-0.3, -0.25) is 4.98 Å². The second-order valence-electron chi connectivity index (χ2n) is 5.13. The standard InChI is InChI=1S/C13H21N3O3S/c1-10(17)11-4-7-16(8-5-11)20(18,19)13-3-2-6-15-12(13)9-14/h2-3,6,10-11,17H,4-5,7-9,14H2,1H3. The highest BCUT2D eigenvalue weighted by atomic mass is 32.2. The van der Waals surface area contributed by atoms with Crippen LogP contribution < -0.4 is 5.73 Å². The molecule has 1 atom stereocenters. The van der Waals surface area contributed by atoms with E-state index < -0.39 is 16.1 Å². The summed E-state index contributed by atoms with van der Waals surface area (Å²) in [4.78, 5) is 4.22. The SMILES string of the molecule is CC(O)C1CCN(S(=O)(=O)c2cccnc2CN)CC1. The number of hydrogen-bond donors (Lipinski definition) is 2. The van der Waals surface area contributed by atoms with Gasteiger partial charge in [0.1, 0.15) is 4.90 Å². The summed E-state index contributed by atoms with van der Waals surface area (Å²) in [7, 11) is -3.54. The molecular formula is C13H21N3O3S. The van der Waals surface area contributed by atoms with Crippen molar-refractivity contribution in [1.82, 2.24) is 9.29 Å². The van der Waals surface area contributed by atoms with E-state index in [9.17, 15) is 13.5 Å². The third-order valence-electron chi connectivity index (χ3n) is 3.84. The van der Waals surface area contributed by atoms with Crippen molar-refractivity contribution >= 4 is 10.0 Å². The monoisotopic (exact) mass is 299 g/mol. The van der Waals surface area contributed by atoms with Crippen LogP contribution >= 0.6 is 0 Å². The van der Waals surface area contributed by atoms with Gasteiger partial charge in [-0.15, -0.1) is 0 Å². The van der Waals surface area contributed by atoms with Crippen molar-refractivity contribution in [2.45, 2.75) is 37.3 Å². The number of aliphatic hydroxyl groups is 1. The van der Waals surface area contributed by atoms with Gasteiger partial charge in [-0.05, 0) is 37.8 Å². The van der Waals surface area contributed by atoms with Gasteiger partial charge < -0.3 is 10.8 Å². The Hall–Kier alpha value is -1.02.